The maximum Gasteiger partial charge on any atom is 0.270 e. The first-order chi connectivity index (χ1) is 15.9. The molecule has 0 radical (unpaired) electrons. The number of Topliss-reactive ketones (excluding diaryl/α,β-unsaturated/α-hetero) is 1. The highest BCUT2D eigenvalue weighted by atomic mass is 32.2. The number of nitro benzene ring substituents is 1. The predicted molar refractivity (Wildman–Crippen MR) is 123 cm³/mol. The summed E-state index contributed by atoms with van der Waals surface area (Å²) in [6.07, 6.45) is 1.20. The first-order valence-corrected chi connectivity index (χ1v) is 11.1. The zero-order valence-electron chi connectivity index (χ0n) is 18.2. The molecule has 1 aromatic heterocycles. The van der Waals surface area contributed by atoms with E-state index in [9.17, 15) is 19.7 Å². The Morgan fingerprint density at radius 3 is 2.70 bits per heavy atom. The maximum atomic E-state index is 12.7. The number of non-ortho nitro benzene ring substituents is 1. The van der Waals surface area contributed by atoms with Crippen LogP contribution in [0.2, 0.25) is 0 Å². The standard InChI is InChI=1S/C22H23N5O5S/c1-15(28)23-12-6-11-21-24-25-22(26(21)18-9-3-4-10-20(18)32-2)33-14-19(29)16-7-5-8-17(13-16)27(30)31/h3-5,7-10,13H,6,11-12,14H2,1-2H3,(H,23,28). The highest BCUT2D eigenvalue weighted by Gasteiger charge is 2.19. The average molecular weight is 470 g/mol. The predicted octanol–water partition coefficient (Wildman–Crippen LogP) is 3.23. The van der Waals surface area contributed by atoms with Crippen LogP contribution in [-0.2, 0) is 11.2 Å². The molecule has 0 aliphatic carbocycles. The summed E-state index contributed by atoms with van der Waals surface area (Å²) in [5, 5.41) is 22.8. The number of ether oxygens (including phenoxy) is 1. The van der Waals surface area contributed by atoms with Crippen LogP contribution >= 0.6 is 11.8 Å². The molecule has 172 valence electrons. The van der Waals surface area contributed by atoms with Gasteiger partial charge in [-0.1, -0.05) is 36.0 Å². The molecule has 10 nitrogen and oxygen atoms in total. The summed E-state index contributed by atoms with van der Waals surface area (Å²) in [6.45, 7) is 1.96. The first-order valence-electron chi connectivity index (χ1n) is 10.1. The number of aryl methyl sites for hydroxylation is 1. The number of ketones is 1. The quantitative estimate of drug-likeness (QED) is 0.149. The number of aromatic nitrogens is 3. The van der Waals surface area contributed by atoms with Crippen LogP contribution in [0.25, 0.3) is 5.69 Å². The van der Waals surface area contributed by atoms with Crippen LogP contribution < -0.4 is 10.1 Å². The van der Waals surface area contributed by atoms with Gasteiger partial charge in [-0.05, 0) is 18.6 Å². The number of nitrogens with one attached hydrogen (secondary N) is 1. The van der Waals surface area contributed by atoms with Crippen molar-refractivity contribution in [3.05, 3.63) is 70.0 Å². The number of nitro groups is 1. The number of rotatable bonds is 11. The van der Waals surface area contributed by atoms with Crippen molar-refractivity contribution in [1.29, 1.82) is 0 Å². The Morgan fingerprint density at radius 2 is 1.97 bits per heavy atom. The van der Waals surface area contributed by atoms with Crippen LogP contribution in [-0.4, -0.2) is 50.8 Å². The van der Waals surface area contributed by atoms with E-state index in [2.05, 4.69) is 15.5 Å². The van der Waals surface area contributed by atoms with E-state index in [1.165, 1.54) is 36.9 Å². The number of benzene rings is 2. The lowest BCUT2D eigenvalue weighted by molar-refractivity contribution is -0.384. The molecule has 0 saturated heterocycles. The summed E-state index contributed by atoms with van der Waals surface area (Å²) in [5.41, 5.74) is 0.852. The first kappa shape index (κ1) is 23.9. The molecule has 33 heavy (non-hydrogen) atoms. The number of carbonyl (C=O) groups excluding carboxylic acids is 2. The lowest BCUT2D eigenvalue weighted by atomic mass is 10.1. The lowest BCUT2D eigenvalue weighted by Crippen LogP contribution is -2.21. The fourth-order valence-corrected chi connectivity index (χ4v) is 3.99. The molecule has 0 atom stereocenters. The van der Waals surface area contributed by atoms with Crippen LogP contribution in [0.4, 0.5) is 5.69 Å². The monoisotopic (exact) mass is 469 g/mol. The normalized spacial score (nSPS) is 10.6. The van der Waals surface area contributed by atoms with Gasteiger partial charge in [-0.25, -0.2) is 0 Å². The molecule has 0 spiro atoms. The summed E-state index contributed by atoms with van der Waals surface area (Å²) < 4.78 is 7.32. The molecule has 0 aliphatic heterocycles. The molecule has 2 aromatic carbocycles. The Hall–Kier alpha value is -3.73. The van der Waals surface area contributed by atoms with Gasteiger partial charge in [0, 0.05) is 37.6 Å². The van der Waals surface area contributed by atoms with E-state index in [1.807, 2.05) is 28.8 Å². The SMILES string of the molecule is COc1ccccc1-n1c(CCCNC(C)=O)nnc1SCC(=O)c1cccc([N+](=O)[O-])c1. The number of methoxy groups -OCH3 is 1. The van der Waals surface area contributed by atoms with Crippen molar-refractivity contribution < 1.29 is 19.2 Å². The van der Waals surface area contributed by atoms with E-state index in [1.54, 1.807) is 13.2 Å². The van der Waals surface area contributed by atoms with Gasteiger partial charge >= 0.3 is 0 Å². The molecular weight excluding hydrogens is 446 g/mol. The van der Waals surface area contributed by atoms with Crippen molar-refractivity contribution in [3.63, 3.8) is 0 Å². The number of thioether (sulfide) groups is 1. The summed E-state index contributed by atoms with van der Waals surface area (Å²) in [4.78, 5) is 34.3. The average Bonchev–Trinajstić information content (AvgIpc) is 3.22. The van der Waals surface area contributed by atoms with Crippen molar-refractivity contribution in [2.45, 2.75) is 24.9 Å². The van der Waals surface area contributed by atoms with Gasteiger partial charge in [0.1, 0.15) is 11.6 Å². The highest BCUT2D eigenvalue weighted by Crippen LogP contribution is 2.29. The molecule has 0 saturated carbocycles. The second-order valence-electron chi connectivity index (χ2n) is 7.01. The van der Waals surface area contributed by atoms with E-state index in [-0.39, 0.29) is 28.7 Å². The van der Waals surface area contributed by atoms with E-state index in [0.717, 1.165) is 5.69 Å². The minimum atomic E-state index is -0.532. The van der Waals surface area contributed by atoms with Crippen molar-refractivity contribution in [2.75, 3.05) is 19.4 Å². The third-order valence-corrected chi connectivity index (χ3v) is 5.62. The second kappa shape index (κ2) is 11.2. The number of hydrogen-bond acceptors (Lipinski definition) is 8. The van der Waals surface area contributed by atoms with Crippen molar-refractivity contribution in [2.24, 2.45) is 0 Å². The smallest absolute Gasteiger partial charge is 0.270 e. The summed E-state index contributed by atoms with van der Waals surface area (Å²) in [5.74, 6) is 0.949. The third-order valence-electron chi connectivity index (χ3n) is 4.69. The number of para-hydroxylation sites is 2. The zero-order valence-corrected chi connectivity index (χ0v) is 19.0. The molecule has 11 heteroatoms. The molecule has 1 heterocycles. The van der Waals surface area contributed by atoms with Gasteiger partial charge in [-0.15, -0.1) is 10.2 Å². The molecule has 0 bridgehead atoms. The largest absolute Gasteiger partial charge is 0.495 e. The van der Waals surface area contributed by atoms with Crippen LogP contribution in [0.15, 0.2) is 53.7 Å². The minimum absolute atomic E-state index is 0.0281. The summed E-state index contributed by atoms with van der Waals surface area (Å²) in [7, 11) is 1.57. The Labute approximate surface area is 194 Å². The van der Waals surface area contributed by atoms with Gasteiger partial charge < -0.3 is 10.1 Å². The van der Waals surface area contributed by atoms with E-state index in [4.69, 9.17) is 4.74 Å². The van der Waals surface area contributed by atoms with E-state index < -0.39 is 4.92 Å². The van der Waals surface area contributed by atoms with Gasteiger partial charge in [0.05, 0.1) is 23.5 Å². The van der Waals surface area contributed by atoms with Gasteiger partial charge in [0.2, 0.25) is 5.91 Å². The molecular formula is C22H23N5O5S. The highest BCUT2D eigenvalue weighted by molar-refractivity contribution is 7.99. The van der Waals surface area contributed by atoms with Crippen LogP contribution in [0.5, 0.6) is 5.75 Å². The Bertz CT molecular complexity index is 1160. The molecule has 3 aromatic rings. The van der Waals surface area contributed by atoms with Crippen LogP contribution in [0.1, 0.15) is 29.5 Å². The molecule has 3 rings (SSSR count). The molecule has 0 unspecified atom stereocenters. The molecule has 0 fully saturated rings. The lowest BCUT2D eigenvalue weighted by Gasteiger charge is -2.13. The zero-order chi connectivity index (χ0) is 23.8. The van der Waals surface area contributed by atoms with Gasteiger partial charge in [-0.3, -0.25) is 24.3 Å². The minimum Gasteiger partial charge on any atom is -0.495 e. The fraction of sp³-hybridized carbons (Fsp3) is 0.273. The maximum absolute atomic E-state index is 12.7. The number of carbonyl (C=O) groups is 2. The fourth-order valence-electron chi connectivity index (χ4n) is 3.13. The van der Waals surface area contributed by atoms with Crippen LogP contribution in [0, 0.1) is 10.1 Å². The number of amides is 1. The van der Waals surface area contributed by atoms with Crippen molar-refractivity contribution in [1.82, 2.24) is 20.1 Å². The van der Waals surface area contributed by atoms with Gasteiger partial charge in [0.25, 0.3) is 5.69 Å². The third kappa shape index (κ3) is 6.16. The molecule has 1 amide bonds. The van der Waals surface area contributed by atoms with Gasteiger partial charge in [0.15, 0.2) is 10.9 Å². The second-order valence-corrected chi connectivity index (χ2v) is 7.95. The molecule has 0 aliphatic rings. The summed E-state index contributed by atoms with van der Waals surface area (Å²) >= 11 is 1.19. The molecule has 1 N–H and O–H groups in total. The Balaban J connectivity index is 1.83. The number of nitrogens with zero attached hydrogens (tertiary/aromatic N) is 4. The van der Waals surface area contributed by atoms with E-state index >= 15 is 0 Å². The Morgan fingerprint density at radius 1 is 1.18 bits per heavy atom. The summed E-state index contributed by atoms with van der Waals surface area (Å²) in [6, 6.07) is 13.0. The van der Waals surface area contributed by atoms with Crippen LogP contribution in [0.3, 0.4) is 0 Å². The van der Waals surface area contributed by atoms with Crippen molar-refractivity contribution in [3.8, 4) is 11.4 Å². The topological polar surface area (TPSA) is 129 Å². The Kier molecular flexibility index (Phi) is 8.14. The van der Waals surface area contributed by atoms with Crippen molar-refractivity contribution >= 4 is 29.1 Å². The van der Waals surface area contributed by atoms with E-state index in [0.29, 0.717) is 36.1 Å². The number of hydrogen-bond donors (Lipinski definition) is 1. The van der Waals surface area contributed by atoms with Gasteiger partial charge in [-0.2, -0.15) is 0 Å².